The Morgan fingerprint density at radius 1 is 1.09 bits per heavy atom. The number of hydrogen-bond donors (Lipinski definition) is 1. The van der Waals surface area contributed by atoms with Gasteiger partial charge in [-0.2, -0.15) is 13.2 Å². The minimum Gasteiger partial charge on any atom is -0.306 e. The van der Waals surface area contributed by atoms with Gasteiger partial charge in [0.1, 0.15) is 0 Å². The van der Waals surface area contributed by atoms with Crippen LogP contribution in [-0.2, 0) is 12.7 Å². The van der Waals surface area contributed by atoms with Crippen LogP contribution >= 0.6 is 0 Å². The van der Waals surface area contributed by atoms with Crippen molar-refractivity contribution in [3.05, 3.63) is 69.6 Å². The summed E-state index contributed by atoms with van der Waals surface area (Å²) in [4.78, 5) is 14.6. The fourth-order valence-electron chi connectivity index (χ4n) is 2.36. The molecule has 3 nitrogen and oxygen atoms in total. The molecule has 6 heteroatoms. The highest BCUT2D eigenvalue weighted by molar-refractivity contribution is 5.76. The van der Waals surface area contributed by atoms with Crippen LogP contribution in [0.3, 0.4) is 0 Å². The lowest BCUT2D eigenvalue weighted by atomic mass is 10.1. The van der Waals surface area contributed by atoms with Crippen molar-refractivity contribution < 1.29 is 13.2 Å². The van der Waals surface area contributed by atoms with Crippen molar-refractivity contribution in [1.82, 2.24) is 9.55 Å². The summed E-state index contributed by atoms with van der Waals surface area (Å²) in [6, 6.07) is 10.8. The standard InChI is InChI=1S/C16H13F3N2O/c1-10-2-4-11(5-3-10)9-21-14-8-12(16(17,18)19)6-7-13(14)20-15(21)22/h2-8H,9H2,1H3,(H,20,22). The molecule has 1 aromatic heterocycles. The monoisotopic (exact) mass is 306 g/mol. The lowest BCUT2D eigenvalue weighted by molar-refractivity contribution is -0.137. The van der Waals surface area contributed by atoms with Gasteiger partial charge in [-0.3, -0.25) is 4.57 Å². The molecule has 3 aromatic rings. The van der Waals surface area contributed by atoms with E-state index in [0.29, 0.717) is 5.52 Å². The Morgan fingerprint density at radius 3 is 2.41 bits per heavy atom. The zero-order chi connectivity index (χ0) is 15.9. The van der Waals surface area contributed by atoms with Gasteiger partial charge in [-0.05, 0) is 30.7 Å². The van der Waals surface area contributed by atoms with Crippen molar-refractivity contribution in [3.63, 3.8) is 0 Å². The normalized spacial score (nSPS) is 12.0. The number of imidazole rings is 1. The fraction of sp³-hybridized carbons (Fsp3) is 0.188. The average Bonchev–Trinajstić information content (AvgIpc) is 2.76. The van der Waals surface area contributed by atoms with E-state index >= 15 is 0 Å². The Morgan fingerprint density at radius 2 is 1.77 bits per heavy atom. The van der Waals surface area contributed by atoms with E-state index in [-0.39, 0.29) is 12.1 Å². The van der Waals surface area contributed by atoms with Crippen molar-refractivity contribution in [1.29, 1.82) is 0 Å². The highest BCUT2D eigenvalue weighted by Gasteiger charge is 2.31. The largest absolute Gasteiger partial charge is 0.416 e. The van der Waals surface area contributed by atoms with Crippen LogP contribution in [0.2, 0.25) is 0 Å². The number of aromatic amines is 1. The summed E-state index contributed by atoms with van der Waals surface area (Å²) < 4.78 is 39.8. The fourth-order valence-corrected chi connectivity index (χ4v) is 2.36. The number of alkyl halides is 3. The molecule has 0 aliphatic rings. The minimum atomic E-state index is -4.43. The third-order valence-corrected chi connectivity index (χ3v) is 3.56. The molecule has 0 saturated heterocycles. The first kappa shape index (κ1) is 14.4. The summed E-state index contributed by atoms with van der Waals surface area (Å²) in [5.41, 5.74) is 1.39. The van der Waals surface area contributed by atoms with Crippen molar-refractivity contribution in [3.8, 4) is 0 Å². The van der Waals surface area contributed by atoms with Crippen molar-refractivity contribution in [2.75, 3.05) is 0 Å². The molecule has 2 aromatic carbocycles. The number of halogens is 3. The number of nitrogens with one attached hydrogen (secondary N) is 1. The van der Waals surface area contributed by atoms with E-state index in [4.69, 9.17) is 0 Å². The Kier molecular flexibility index (Phi) is 3.31. The second-order valence-electron chi connectivity index (χ2n) is 5.23. The minimum absolute atomic E-state index is 0.223. The molecule has 0 fully saturated rings. The van der Waals surface area contributed by atoms with Gasteiger partial charge in [0.15, 0.2) is 0 Å². The van der Waals surface area contributed by atoms with Crippen LogP contribution < -0.4 is 5.69 Å². The Balaban J connectivity index is 2.10. The molecule has 0 aliphatic carbocycles. The lowest BCUT2D eigenvalue weighted by Gasteiger charge is -2.08. The molecule has 1 N–H and O–H groups in total. The molecule has 0 unspecified atom stereocenters. The second-order valence-corrected chi connectivity index (χ2v) is 5.23. The van der Waals surface area contributed by atoms with Crippen LogP contribution in [0.4, 0.5) is 13.2 Å². The number of hydrogen-bond acceptors (Lipinski definition) is 1. The first-order valence-corrected chi connectivity index (χ1v) is 6.70. The number of benzene rings is 2. The summed E-state index contributed by atoms with van der Waals surface area (Å²) in [7, 11) is 0. The Bertz CT molecular complexity index is 873. The molecule has 22 heavy (non-hydrogen) atoms. The zero-order valence-corrected chi connectivity index (χ0v) is 11.7. The van der Waals surface area contributed by atoms with Crippen molar-refractivity contribution in [2.45, 2.75) is 19.6 Å². The smallest absolute Gasteiger partial charge is 0.306 e. The molecule has 0 spiro atoms. The van der Waals surface area contributed by atoms with Crippen molar-refractivity contribution in [2.24, 2.45) is 0 Å². The SMILES string of the molecule is Cc1ccc(Cn2c(=O)[nH]c3ccc(C(F)(F)F)cc32)cc1. The molecule has 1 heterocycles. The number of fused-ring (bicyclic) bond motifs is 1. The Labute approximate surface area is 124 Å². The van der Waals surface area contributed by atoms with Crippen LogP contribution in [0, 0.1) is 6.92 Å². The molecular formula is C16H13F3N2O. The lowest BCUT2D eigenvalue weighted by Crippen LogP contribution is -2.17. The topological polar surface area (TPSA) is 37.8 Å². The van der Waals surface area contributed by atoms with Gasteiger partial charge in [0, 0.05) is 0 Å². The first-order valence-electron chi connectivity index (χ1n) is 6.70. The molecule has 0 amide bonds. The van der Waals surface area contributed by atoms with Crippen LogP contribution in [0.5, 0.6) is 0 Å². The molecule has 114 valence electrons. The summed E-state index contributed by atoms with van der Waals surface area (Å²) in [5, 5.41) is 0. The van der Waals surface area contributed by atoms with Gasteiger partial charge in [-0.15, -0.1) is 0 Å². The van der Waals surface area contributed by atoms with E-state index in [9.17, 15) is 18.0 Å². The maximum atomic E-state index is 12.8. The highest BCUT2D eigenvalue weighted by atomic mass is 19.4. The number of rotatable bonds is 2. The van der Waals surface area contributed by atoms with Crippen LogP contribution in [0.25, 0.3) is 11.0 Å². The number of nitrogens with zero attached hydrogens (tertiary/aromatic N) is 1. The summed E-state index contributed by atoms with van der Waals surface area (Å²) in [6.45, 7) is 2.16. The molecule has 0 saturated carbocycles. The van der Waals surface area contributed by atoms with Gasteiger partial charge in [-0.1, -0.05) is 29.8 Å². The quantitative estimate of drug-likeness (QED) is 0.770. The number of aromatic nitrogens is 2. The maximum Gasteiger partial charge on any atom is 0.416 e. The predicted molar refractivity (Wildman–Crippen MR) is 77.8 cm³/mol. The van der Waals surface area contributed by atoms with Gasteiger partial charge in [0.2, 0.25) is 0 Å². The molecule has 0 atom stereocenters. The van der Waals surface area contributed by atoms with Crippen LogP contribution in [-0.4, -0.2) is 9.55 Å². The van der Waals surface area contributed by atoms with Gasteiger partial charge in [0.05, 0.1) is 23.1 Å². The van der Waals surface area contributed by atoms with Gasteiger partial charge in [0.25, 0.3) is 0 Å². The third-order valence-electron chi connectivity index (χ3n) is 3.56. The zero-order valence-electron chi connectivity index (χ0n) is 11.7. The van der Waals surface area contributed by atoms with Gasteiger partial charge < -0.3 is 4.98 Å². The summed E-state index contributed by atoms with van der Waals surface area (Å²) in [5.74, 6) is 0. The highest BCUT2D eigenvalue weighted by Crippen LogP contribution is 2.30. The van der Waals surface area contributed by atoms with E-state index in [1.165, 1.54) is 10.6 Å². The maximum absolute atomic E-state index is 12.8. The Hall–Kier alpha value is -2.50. The second kappa shape index (κ2) is 5.05. The number of aryl methyl sites for hydroxylation is 1. The van der Waals surface area contributed by atoms with Gasteiger partial charge >= 0.3 is 11.9 Å². The first-order chi connectivity index (χ1) is 10.3. The van der Waals surface area contributed by atoms with Crippen LogP contribution in [0.15, 0.2) is 47.3 Å². The summed E-state index contributed by atoms with van der Waals surface area (Å²) in [6.07, 6.45) is -4.43. The molecule has 0 aliphatic heterocycles. The number of H-pyrrole nitrogens is 1. The molecule has 3 rings (SSSR count). The van der Waals surface area contributed by atoms with E-state index in [1.807, 2.05) is 31.2 Å². The van der Waals surface area contributed by atoms with E-state index in [0.717, 1.165) is 23.3 Å². The van der Waals surface area contributed by atoms with Gasteiger partial charge in [-0.25, -0.2) is 4.79 Å². The van der Waals surface area contributed by atoms with E-state index < -0.39 is 17.4 Å². The molecule has 0 bridgehead atoms. The van der Waals surface area contributed by atoms with Crippen molar-refractivity contribution >= 4 is 11.0 Å². The van der Waals surface area contributed by atoms with E-state index in [1.54, 1.807) is 0 Å². The molecular weight excluding hydrogens is 293 g/mol. The summed E-state index contributed by atoms with van der Waals surface area (Å²) >= 11 is 0. The molecule has 0 radical (unpaired) electrons. The third kappa shape index (κ3) is 2.64. The van der Waals surface area contributed by atoms with E-state index in [2.05, 4.69) is 4.98 Å². The average molecular weight is 306 g/mol. The predicted octanol–water partition coefficient (Wildman–Crippen LogP) is 3.71. The van der Waals surface area contributed by atoms with Crippen LogP contribution in [0.1, 0.15) is 16.7 Å².